The largest absolute Gasteiger partial charge is 0.471 e. The number of nitrogens with zero attached hydrogens (tertiary/aromatic N) is 2. The number of hydrogen-bond acceptors (Lipinski definition) is 3. The van der Waals surface area contributed by atoms with Crippen LogP contribution in [0, 0.1) is 0 Å². The Labute approximate surface area is 102 Å². The first-order chi connectivity index (χ1) is 8.38. The average Bonchev–Trinajstić information content (AvgIpc) is 2.40. The Balaban J connectivity index is 1.91. The molecule has 17 heavy (non-hydrogen) atoms. The Morgan fingerprint density at radius 2 is 2.06 bits per heavy atom. The molecule has 2 rings (SSSR count). The van der Waals surface area contributed by atoms with E-state index in [0.29, 0.717) is 12.5 Å². The molecule has 0 saturated carbocycles. The van der Waals surface area contributed by atoms with Gasteiger partial charge in [0.05, 0.1) is 5.69 Å². The molecule has 88 valence electrons. The molecule has 0 amide bonds. The van der Waals surface area contributed by atoms with Gasteiger partial charge in [0.2, 0.25) is 5.88 Å². The van der Waals surface area contributed by atoms with Crippen LogP contribution < -0.4 is 4.74 Å². The summed E-state index contributed by atoms with van der Waals surface area (Å²) < 4.78 is 5.52. The lowest BCUT2D eigenvalue weighted by molar-refractivity contribution is 0.289. The summed E-state index contributed by atoms with van der Waals surface area (Å²) >= 11 is 0. The first-order valence-corrected chi connectivity index (χ1v) is 5.86. The molecule has 2 heterocycles. The van der Waals surface area contributed by atoms with Gasteiger partial charge in [0.25, 0.3) is 0 Å². The highest BCUT2D eigenvalue weighted by atomic mass is 16.5. The molecule has 0 spiro atoms. The number of aryl methyl sites for hydroxylation is 1. The molecule has 0 aromatic carbocycles. The smallest absolute Gasteiger partial charge is 0.213 e. The van der Waals surface area contributed by atoms with Crippen molar-refractivity contribution in [3.63, 3.8) is 0 Å². The molecule has 0 aliphatic heterocycles. The summed E-state index contributed by atoms with van der Waals surface area (Å²) in [6.07, 6.45) is 5.85. The van der Waals surface area contributed by atoms with E-state index in [0.717, 1.165) is 18.5 Å². The topological polar surface area (TPSA) is 35.0 Å². The van der Waals surface area contributed by atoms with Crippen LogP contribution in [0.4, 0.5) is 0 Å². The standard InChI is InChI=1S/C14H16N2O/c1-2-5-12-7-8-13(16-10-12)11-17-14-6-3-4-9-15-14/h3-4,6-10H,2,5,11H2,1H3. The highest BCUT2D eigenvalue weighted by molar-refractivity contribution is 5.15. The first kappa shape index (κ1) is 11.6. The molecule has 3 nitrogen and oxygen atoms in total. The van der Waals surface area contributed by atoms with Crippen molar-refractivity contribution in [1.82, 2.24) is 9.97 Å². The first-order valence-electron chi connectivity index (χ1n) is 5.86. The van der Waals surface area contributed by atoms with E-state index in [1.807, 2.05) is 30.5 Å². The lowest BCUT2D eigenvalue weighted by atomic mass is 10.1. The summed E-state index contributed by atoms with van der Waals surface area (Å²) in [5.74, 6) is 0.631. The second-order valence-electron chi connectivity index (χ2n) is 3.86. The van der Waals surface area contributed by atoms with Crippen LogP contribution in [-0.4, -0.2) is 9.97 Å². The van der Waals surface area contributed by atoms with Crippen LogP contribution in [-0.2, 0) is 13.0 Å². The minimum absolute atomic E-state index is 0.462. The van der Waals surface area contributed by atoms with E-state index in [-0.39, 0.29) is 0 Å². The van der Waals surface area contributed by atoms with E-state index in [2.05, 4.69) is 23.0 Å². The summed E-state index contributed by atoms with van der Waals surface area (Å²) in [7, 11) is 0. The molecule has 0 aliphatic carbocycles. The van der Waals surface area contributed by atoms with Crippen molar-refractivity contribution < 1.29 is 4.74 Å². The van der Waals surface area contributed by atoms with Crippen LogP contribution in [0.5, 0.6) is 5.88 Å². The normalized spacial score (nSPS) is 10.2. The van der Waals surface area contributed by atoms with Gasteiger partial charge in [-0.25, -0.2) is 4.98 Å². The minimum atomic E-state index is 0.462. The van der Waals surface area contributed by atoms with Crippen molar-refractivity contribution >= 4 is 0 Å². The van der Waals surface area contributed by atoms with Gasteiger partial charge in [0, 0.05) is 18.5 Å². The van der Waals surface area contributed by atoms with E-state index in [1.165, 1.54) is 5.56 Å². The molecule has 2 aromatic rings. The average molecular weight is 228 g/mol. The van der Waals surface area contributed by atoms with Gasteiger partial charge < -0.3 is 4.74 Å². The summed E-state index contributed by atoms with van der Waals surface area (Å²) in [6.45, 7) is 2.63. The third kappa shape index (κ3) is 3.55. The zero-order chi connectivity index (χ0) is 11.9. The van der Waals surface area contributed by atoms with Crippen LogP contribution in [0.3, 0.4) is 0 Å². The molecule has 0 bridgehead atoms. The number of hydrogen-bond donors (Lipinski definition) is 0. The van der Waals surface area contributed by atoms with Gasteiger partial charge >= 0.3 is 0 Å². The molecular weight excluding hydrogens is 212 g/mol. The molecule has 0 fully saturated rings. The third-order valence-corrected chi connectivity index (χ3v) is 2.43. The molecule has 0 N–H and O–H groups in total. The van der Waals surface area contributed by atoms with Gasteiger partial charge in [-0.2, -0.15) is 0 Å². The van der Waals surface area contributed by atoms with Gasteiger partial charge in [0.15, 0.2) is 0 Å². The summed E-state index contributed by atoms with van der Waals surface area (Å²) in [4.78, 5) is 8.45. The number of ether oxygens (including phenoxy) is 1. The Morgan fingerprint density at radius 3 is 2.71 bits per heavy atom. The maximum absolute atomic E-state index is 5.52. The number of aromatic nitrogens is 2. The molecule has 0 aliphatic rings. The van der Waals surface area contributed by atoms with E-state index in [1.54, 1.807) is 6.20 Å². The fraction of sp³-hybridized carbons (Fsp3) is 0.286. The van der Waals surface area contributed by atoms with Crippen molar-refractivity contribution in [3.8, 4) is 5.88 Å². The zero-order valence-electron chi connectivity index (χ0n) is 9.97. The van der Waals surface area contributed by atoms with Crippen molar-refractivity contribution in [2.45, 2.75) is 26.4 Å². The number of pyridine rings is 2. The molecule has 0 atom stereocenters. The molecule has 0 radical (unpaired) electrons. The fourth-order valence-electron chi connectivity index (χ4n) is 1.56. The van der Waals surface area contributed by atoms with Gasteiger partial charge in [-0.3, -0.25) is 4.98 Å². The van der Waals surface area contributed by atoms with Crippen LogP contribution >= 0.6 is 0 Å². The van der Waals surface area contributed by atoms with Crippen LogP contribution in [0.15, 0.2) is 42.7 Å². The second kappa shape index (κ2) is 5.99. The van der Waals surface area contributed by atoms with Gasteiger partial charge in [-0.05, 0) is 24.1 Å². The van der Waals surface area contributed by atoms with Crippen molar-refractivity contribution in [3.05, 3.63) is 54.0 Å². The third-order valence-electron chi connectivity index (χ3n) is 2.43. The van der Waals surface area contributed by atoms with E-state index >= 15 is 0 Å². The SMILES string of the molecule is CCCc1ccc(COc2ccccn2)nc1. The fourth-order valence-corrected chi connectivity index (χ4v) is 1.56. The maximum Gasteiger partial charge on any atom is 0.213 e. The quantitative estimate of drug-likeness (QED) is 0.789. The second-order valence-corrected chi connectivity index (χ2v) is 3.86. The van der Waals surface area contributed by atoms with Crippen molar-refractivity contribution in [1.29, 1.82) is 0 Å². The predicted octanol–water partition coefficient (Wildman–Crippen LogP) is 3.01. The Morgan fingerprint density at radius 1 is 1.12 bits per heavy atom. The summed E-state index contributed by atoms with van der Waals surface area (Å²) in [5, 5.41) is 0. The lowest BCUT2D eigenvalue weighted by Gasteiger charge is -2.05. The Kier molecular flexibility index (Phi) is 4.08. The van der Waals surface area contributed by atoms with Crippen LogP contribution in [0.1, 0.15) is 24.6 Å². The highest BCUT2D eigenvalue weighted by Gasteiger charge is 1.98. The van der Waals surface area contributed by atoms with Crippen molar-refractivity contribution in [2.75, 3.05) is 0 Å². The Hall–Kier alpha value is -1.90. The molecule has 0 unspecified atom stereocenters. The van der Waals surface area contributed by atoms with Gasteiger partial charge in [-0.15, -0.1) is 0 Å². The zero-order valence-corrected chi connectivity index (χ0v) is 9.97. The predicted molar refractivity (Wildman–Crippen MR) is 66.8 cm³/mol. The van der Waals surface area contributed by atoms with Gasteiger partial charge in [0.1, 0.15) is 6.61 Å². The lowest BCUT2D eigenvalue weighted by Crippen LogP contribution is -1.99. The van der Waals surface area contributed by atoms with E-state index in [4.69, 9.17) is 4.74 Å². The molecule has 2 aromatic heterocycles. The van der Waals surface area contributed by atoms with Gasteiger partial charge in [-0.1, -0.05) is 25.5 Å². The van der Waals surface area contributed by atoms with E-state index < -0.39 is 0 Å². The highest BCUT2D eigenvalue weighted by Crippen LogP contribution is 2.08. The number of rotatable bonds is 5. The molecular formula is C14H16N2O. The molecule has 0 saturated heterocycles. The van der Waals surface area contributed by atoms with E-state index in [9.17, 15) is 0 Å². The summed E-state index contributed by atoms with van der Waals surface area (Å²) in [5.41, 5.74) is 2.20. The Bertz CT molecular complexity index is 440. The molecule has 3 heteroatoms. The summed E-state index contributed by atoms with van der Waals surface area (Å²) in [6, 6.07) is 9.72. The van der Waals surface area contributed by atoms with Crippen LogP contribution in [0.2, 0.25) is 0 Å². The minimum Gasteiger partial charge on any atom is -0.471 e. The van der Waals surface area contributed by atoms with Crippen LogP contribution in [0.25, 0.3) is 0 Å². The van der Waals surface area contributed by atoms with Crippen molar-refractivity contribution in [2.24, 2.45) is 0 Å². The monoisotopic (exact) mass is 228 g/mol. The maximum atomic E-state index is 5.52.